The molecule has 1 N–H and O–H groups in total. The van der Waals surface area contributed by atoms with E-state index in [0.29, 0.717) is 5.13 Å². The minimum absolute atomic E-state index is 0.00569. The van der Waals surface area contributed by atoms with Gasteiger partial charge in [0.05, 0.1) is 11.5 Å². The van der Waals surface area contributed by atoms with Crippen molar-refractivity contribution >= 4 is 22.4 Å². The summed E-state index contributed by atoms with van der Waals surface area (Å²) in [5.74, 6) is 0.242. The number of anilines is 1. The van der Waals surface area contributed by atoms with E-state index >= 15 is 0 Å². The molecule has 1 aromatic heterocycles. The van der Waals surface area contributed by atoms with Gasteiger partial charge in [0.15, 0.2) is 5.13 Å². The Balaban J connectivity index is 1.94. The number of ether oxygens (including phenoxy) is 1. The molecule has 3 unspecified atom stereocenters. The first-order valence-corrected chi connectivity index (χ1v) is 10.2. The van der Waals surface area contributed by atoms with Crippen molar-refractivity contribution in [3.8, 4) is 0 Å². The van der Waals surface area contributed by atoms with Gasteiger partial charge in [0.2, 0.25) is 5.91 Å². The molecule has 2 aliphatic carbocycles. The van der Waals surface area contributed by atoms with Crippen molar-refractivity contribution < 1.29 is 9.53 Å². The highest BCUT2D eigenvalue weighted by Crippen LogP contribution is 2.45. The number of hydrogen-bond acceptors (Lipinski definition) is 4. The summed E-state index contributed by atoms with van der Waals surface area (Å²) in [5, 5.41) is 5.53. The number of carbonyl (C=O) groups excluding carboxylic acids is 1. The summed E-state index contributed by atoms with van der Waals surface area (Å²) in [4.78, 5) is 17.4. The Kier molecular flexibility index (Phi) is 6.09. The van der Waals surface area contributed by atoms with E-state index < -0.39 is 5.41 Å². The van der Waals surface area contributed by atoms with Crippen molar-refractivity contribution in [3.05, 3.63) is 47.5 Å². The van der Waals surface area contributed by atoms with Crippen LogP contribution in [-0.4, -0.2) is 24.1 Å². The fraction of sp³-hybridized carbons (Fsp3) is 0.524. The van der Waals surface area contributed by atoms with E-state index in [9.17, 15) is 4.79 Å². The Hall–Kier alpha value is -1.72. The first-order valence-electron chi connectivity index (χ1n) is 9.31. The van der Waals surface area contributed by atoms with Gasteiger partial charge in [0, 0.05) is 30.5 Å². The maximum absolute atomic E-state index is 13.2. The molecule has 4 nitrogen and oxygen atoms in total. The minimum Gasteiger partial charge on any atom is -0.381 e. The van der Waals surface area contributed by atoms with Crippen LogP contribution in [0.25, 0.3) is 0 Å². The molecule has 0 bridgehead atoms. The van der Waals surface area contributed by atoms with Crippen LogP contribution in [0.3, 0.4) is 0 Å². The number of nitrogens with one attached hydrogen (secondary N) is 1. The van der Waals surface area contributed by atoms with Gasteiger partial charge in [-0.05, 0) is 31.3 Å². The highest BCUT2D eigenvalue weighted by Gasteiger charge is 2.45. The summed E-state index contributed by atoms with van der Waals surface area (Å²) < 4.78 is 5.81. The van der Waals surface area contributed by atoms with Gasteiger partial charge in [-0.15, -0.1) is 11.3 Å². The lowest BCUT2D eigenvalue weighted by molar-refractivity contribution is -0.127. The van der Waals surface area contributed by atoms with Crippen LogP contribution in [0, 0.1) is 17.3 Å². The SMILES string of the molecule is COC1CCC=CC1C(C1=CCCC=C1)C(C)(C)C(=O)Nc1nccs1. The maximum atomic E-state index is 13.2. The molecular formula is C21H28N2O2S. The van der Waals surface area contributed by atoms with Gasteiger partial charge in [-0.3, -0.25) is 4.79 Å². The third-order valence-corrected chi connectivity index (χ3v) is 6.18. The molecule has 3 rings (SSSR count). The smallest absolute Gasteiger partial charge is 0.232 e. The Morgan fingerprint density at radius 3 is 2.85 bits per heavy atom. The number of nitrogens with zero attached hydrogens (tertiary/aromatic N) is 1. The molecule has 140 valence electrons. The van der Waals surface area contributed by atoms with Crippen molar-refractivity contribution in [2.45, 2.75) is 45.6 Å². The molecule has 0 fully saturated rings. The first kappa shape index (κ1) is 19.1. The normalized spacial score (nSPS) is 24.2. The average molecular weight is 373 g/mol. The summed E-state index contributed by atoms with van der Waals surface area (Å²) in [6.07, 6.45) is 17.1. The quantitative estimate of drug-likeness (QED) is 0.716. The minimum atomic E-state index is -0.595. The lowest BCUT2D eigenvalue weighted by Gasteiger charge is -2.42. The molecule has 0 saturated carbocycles. The van der Waals surface area contributed by atoms with E-state index in [2.05, 4.69) is 40.7 Å². The highest BCUT2D eigenvalue weighted by molar-refractivity contribution is 7.13. The predicted octanol–water partition coefficient (Wildman–Crippen LogP) is 4.98. The second-order valence-corrected chi connectivity index (χ2v) is 8.43. The van der Waals surface area contributed by atoms with Crippen molar-refractivity contribution in [2.24, 2.45) is 17.3 Å². The molecule has 1 aromatic rings. The number of aromatic nitrogens is 1. The first-order chi connectivity index (χ1) is 12.5. The number of amides is 1. The van der Waals surface area contributed by atoms with Gasteiger partial charge in [0.25, 0.3) is 0 Å². The van der Waals surface area contributed by atoms with Crippen LogP contribution in [0.4, 0.5) is 5.13 Å². The molecular weight excluding hydrogens is 344 g/mol. The Labute approximate surface area is 160 Å². The largest absolute Gasteiger partial charge is 0.381 e. The van der Waals surface area contributed by atoms with Crippen molar-refractivity contribution in [1.82, 2.24) is 4.98 Å². The van der Waals surface area contributed by atoms with E-state index in [1.165, 1.54) is 16.9 Å². The second kappa shape index (κ2) is 8.31. The molecule has 26 heavy (non-hydrogen) atoms. The number of methoxy groups -OCH3 is 1. The lowest BCUT2D eigenvalue weighted by atomic mass is 9.64. The van der Waals surface area contributed by atoms with Crippen LogP contribution < -0.4 is 5.32 Å². The predicted molar refractivity (Wildman–Crippen MR) is 107 cm³/mol. The topological polar surface area (TPSA) is 51.2 Å². The number of allylic oxidation sites excluding steroid dienone is 5. The Morgan fingerprint density at radius 2 is 2.19 bits per heavy atom. The molecule has 3 atom stereocenters. The zero-order valence-corrected chi connectivity index (χ0v) is 16.6. The van der Waals surface area contributed by atoms with Crippen molar-refractivity contribution in [3.63, 3.8) is 0 Å². The van der Waals surface area contributed by atoms with Gasteiger partial charge in [-0.1, -0.05) is 44.2 Å². The molecule has 0 aromatic carbocycles. The monoisotopic (exact) mass is 372 g/mol. The van der Waals surface area contributed by atoms with Crippen LogP contribution in [0.5, 0.6) is 0 Å². The van der Waals surface area contributed by atoms with Crippen LogP contribution in [-0.2, 0) is 9.53 Å². The molecule has 0 spiro atoms. The lowest BCUT2D eigenvalue weighted by Crippen LogP contribution is -2.45. The molecule has 0 radical (unpaired) electrons. The molecule has 0 aliphatic heterocycles. The summed E-state index contributed by atoms with van der Waals surface area (Å²) >= 11 is 1.44. The van der Waals surface area contributed by atoms with Gasteiger partial charge >= 0.3 is 0 Å². The van der Waals surface area contributed by atoms with E-state index in [1.807, 2.05) is 19.2 Å². The third kappa shape index (κ3) is 3.99. The number of hydrogen-bond donors (Lipinski definition) is 1. The maximum Gasteiger partial charge on any atom is 0.232 e. The average Bonchev–Trinajstić information content (AvgIpc) is 3.16. The molecule has 1 amide bonds. The second-order valence-electron chi connectivity index (χ2n) is 7.53. The van der Waals surface area contributed by atoms with Crippen LogP contribution in [0.2, 0.25) is 0 Å². The van der Waals surface area contributed by atoms with E-state index in [0.717, 1.165) is 25.7 Å². The van der Waals surface area contributed by atoms with E-state index in [-0.39, 0.29) is 23.8 Å². The summed E-state index contributed by atoms with van der Waals surface area (Å²) in [7, 11) is 1.78. The van der Waals surface area contributed by atoms with Gasteiger partial charge < -0.3 is 10.1 Å². The fourth-order valence-corrected chi connectivity index (χ4v) is 4.62. The van der Waals surface area contributed by atoms with E-state index in [1.54, 1.807) is 13.3 Å². The molecule has 0 saturated heterocycles. The molecule has 1 heterocycles. The molecule has 2 aliphatic rings. The number of thiazole rings is 1. The Morgan fingerprint density at radius 1 is 1.35 bits per heavy atom. The van der Waals surface area contributed by atoms with Crippen LogP contribution in [0.1, 0.15) is 39.5 Å². The third-order valence-electron chi connectivity index (χ3n) is 5.49. The summed E-state index contributed by atoms with van der Waals surface area (Å²) in [6.45, 7) is 4.08. The van der Waals surface area contributed by atoms with Gasteiger partial charge in [-0.2, -0.15) is 0 Å². The zero-order chi connectivity index (χ0) is 18.6. The summed E-state index contributed by atoms with van der Waals surface area (Å²) in [5.41, 5.74) is 0.650. The highest BCUT2D eigenvalue weighted by atomic mass is 32.1. The summed E-state index contributed by atoms with van der Waals surface area (Å²) in [6, 6.07) is 0. The van der Waals surface area contributed by atoms with Gasteiger partial charge in [0.1, 0.15) is 0 Å². The van der Waals surface area contributed by atoms with E-state index in [4.69, 9.17) is 4.74 Å². The van der Waals surface area contributed by atoms with Crippen LogP contribution >= 0.6 is 11.3 Å². The zero-order valence-electron chi connectivity index (χ0n) is 15.8. The van der Waals surface area contributed by atoms with Gasteiger partial charge in [-0.25, -0.2) is 4.98 Å². The van der Waals surface area contributed by atoms with Crippen LogP contribution in [0.15, 0.2) is 47.5 Å². The Bertz CT molecular complexity index is 704. The fourth-order valence-electron chi connectivity index (χ4n) is 4.10. The standard InChI is InChI=1S/C21H28N2O2S/c1-21(2,19(24)23-20-22-13-14-26-20)18(15-9-5-4-6-10-15)16-11-7-8-12-17(16)25-3/h5,7,9-11,13-14,16-18H,4,6,8,12H2,1-3H3,(H,22,23,24). The molecule has 5 heteroatoms. The van der Waals surface area contributed by atoms with Crippen molar-refractivity contribution in [2.75, 3.05) is 12.4 Å². The number of carbonyl (C=O) groups is 1. The van der Waals surface area contributed by atoms with Crippen molar-refractivity contribution in [1.29, 1.82) is 0 Å². The number of rotatable bonds is 6.